The predicted molar refractivity (Wildman–Crippen MR) is 46.1 cm³/mol. The van der Waals surface area contributed by atoms with Crippen LogP contribution in [0.5, 0.6) is 0 Å². The first-order valence-corrected chi connectivity index (χ1v) is 4.16. The van der Waals surface area contributed by atoms with Gasteiger partial charge in [0.25, 0.3) is 0 Å². The molecule has 2 rings (SSSR count). The molecule has 1 saturated heterocycles. The summed E-state index contributed by atoms with van der Waals surface area (Å²) >= 11 is 0. The van der Waals surface area contributed by atoms with Crippen molar-refractivity contribution in [2.75, 3.05) is 12.3 Å². The molecule has 70 valence electrons. The smallest absolute Gasteiger partial charge is 0.149 e. The fraction of sp³-hybridized carbons (Fsp3) is 0.333. The number of hydrogen-bond acceptors (Lipinski definition) is 2. The van der Waals surface area contributed by atoms with Gasteiger partial charge in [0.1, 0.15) is 11.6 Å². The Kier molecular flexibility index (Phi) is 1.92. The minimum atomic E-state index is -0.677. The van der Waals surface area contributed by atoms with E-state index in [0.717, 1.165) is 19.0 Å². The van der Waals surface area contributed by atoms with Crippen molar-refractivity contribution in [2.45, 2.75) is 12.5 Å². The zero-order valence-corrected chi connectivity index (χ0v) is 6.98. The lowest BCUT2D eigenvalue weighted by Gasteiger charge is -2.29. The lowest BCUT2D eigenvalue weighted by Crippen LogP contribution is -2.35. The Morgan fingerprint density at radius 2 is 2.08 bits per heavy atom. The van der Waals surface area contributed by atoms with Crippen LogP contribution in [0.2, 0.25) is 0 Å². The van der Waals surface area contributed by atoms with E-state index in [4.69, 9.17) is 5.73 Å². The maximum atomic E-state index is 13.0. The highest BCUT2D eigenvalue weighted by atomic mass is 19.1. The van der Waals surface area contributed by atoms with Crippen LogP contribution < -0.4 is 11.1 Å². The standard InChI is InChI=1S/C9H10F2N2/c10-5-3-6(8-1-2-13-8)9(12)7(11)4-5/h3-4,8,13H,1-2,12H2. The Morgan fingerprint density at radius 3 is 2.62 bits per heavy atom. The van der Waals surface area contributed by atoms with Crippen LogP contribution in [0.3, 0.4) is 0 Å². The van der Waals surface area contributed by atoms with Gasteiger partial charge in [-0.2, -0.15) is 0 Å². The van der Waals surface area contributed by atoms with E-state index < -0.39 is 11.6 Å². The van der Waals surface area contributed by atoms with Crippen molar-refractivity contribution in [2.24, 2.45) is 0 Å². The van der Waals surface area contributed by atoms with Crippen molar-refractivity contribution in [3.05, 3.63) is 29.3 Å². The molecule has 1 fully saturated rings. The van der Waals surface area contributed by atoms with Gasteiger partial charge in [0.2, 0.25) is 0 Å². The van der Waals surface area contributed by atoms with Crippen LogP contribution >= 0.6 is 0 Å². The van der Waals surface area contributed by atoms with Gasteiger partial charge in [-0.15, -0.1) is 0 Å². The molecule has 2 nitrogen and oxygen atoms in total. The number of nitrogens with one attached hydrogen (secondary N) is 1. The van der Waals surface area contributed by atoms with Crippen molar-refractivity contribution in [3.63, 3.8) is 0 Å². The second kappa shape index (κ2) is 2.96. The average molecular weight is 184 g/mol. The molecule has 1 atom stereocenters. The van der Waals surface area contributed by atoms with Gasteiger partial charge in [-0.25, -0.2) is 8.78 Å². The van der Waals surface area contributed by atoms with Crippen LogP contribution in [0.4, 0.5) is 14.5 Å². The lowest BCUT2D eigenvalue weighted by atomic mass is 9.96. The van der Waals surface area contributed by atoms with Gasteiger partial charge >= 0.3 is 0 Å². The Morgan fingerprint density at radius 1 is 1.38 bits per heavy atom. The van der Waals surface area contributed by atoms with Crippen molar-refractivity contribution >= 4 is 5.69 Å². The number of anilines is 1. The zero-order valence-electron chi connectivity index (χ0n) is 6.98. The molecule has 0 saturated carbocycles. The van der Waals surface area contributed by atoms with Gasteiger partial charge in [0, 0.05) is 12.1 Å². The largest absolute Gasteiger partial charge is 0.396 e. The van der Waals surface area contributed by atoms with Crippen LogP contribution in [-0.2, 0) is 0 Å². The summed E-state index contributed by atoms with van der Waals surface area (Å²) in [5, 5.41) is 3.04. The van der Waals surface area contributed by atoms with E-state index in [1.54, 1.807) is 0 Å². The van der Waals surface area contributed by atoms with Crippen molar-refractivity contribution in [1.29, 1.82) is 0 Å². The normalized spacial score (nSPS) is 21.2. The lowest BCUT2D eigenvalue weighted by molar-refractivity contribution is 0.381. The van der Waals surface area contributed by atoms with Crippen LogP contribution in [-0.4, -0.2) is 6.54 Å². The summed E-state index contributed by atoms with van der Waals surface area (Å²) in [5.41, 5.74) is 6.07. The molecule has 1 heterocycles. The molecular formula is C9H10F2N2. The summed E-state index contributed by atoms with van der Waals surface area (Å²) in [7, 11) is 0. The molecule has 3 N–H and O–H groups in total. The number of rotatable bonds is 1. The van der Waals surface area contributed by atoms with Gasteiger partial charge in [-0.05, 0) is 24.6 Å². The number of nitrogens with two attached hydrogens (primary N) is 1. The first-order chi connectivity index (χ1) is 6.18. The van der Waals surface area contributed by atoms with Gasteiger partial charge in [0.05, 0.1) is 5.69 Å². The van der Waals surface area contributed by atoms with E-state index >= 15 is 0 Å². The molecule has 0 aliphatic carbocycles. The van der Waals surface area contributed by atoms with Gasteiger partial charge < -0.3 is 11.1 Å². The van der Waals surface area contributed by atoms with Crippen LogP contribution in [0.25, 0.3) is 0 Å². The third-order valence-corrected chi connectivity index (χ3v) is 2.33. The third kappa shape index (κ3) is 1.37. The molecule has 0 bridgehead atoms. The number of halogens is 2. The maximum Gasteiger partial charge on any atom is 0.149 e. The topological polar surface area (TPSA) is 38.0 Å². The van der Waals surface area contributed by atoms with Crippen molar-refractivity contribution in [3.8, 4) is 0 Å². The minimum Gasteiger partial charge on any atom is -0.396 e. The molecule has 0 spiro atoms. The summed E-state index contributed by atoms with van der Waals surface area (Å²) in [6.07, 6.45) is 0.882. The quantitative estimate of drug-likeness (QED) is 0.650. The Hall–Kier alpha value is -1.16. The van der Waals surface area contributed by atoms with E-state index in [1.807, 2.05) is 0 Å². The number of nitrogen functional groups attached to an aromatic ring is 1. The first kappa shape index (κ1) is 8.44. The SMILES string of the molecule is Nc1c(F)cc(F)cc1C1CCN1. The summed E-state index contributed by atoms with van der Waals surface area (Å²) < 4.78 is 25.8. The van der Waals surface area contributed by atoms with E-state index in [1.165, 1.54) is 6.07 Å². The van der Waals surface area contributed by atoms with Gasteiger partial charge in [-0.3, -0.25) is 0 Å². The monoisotopic (exact) mass is 184 g/mol. The minimum absolute atomic E-state index is 0.0187. The van der Waals surface area contributed by atoms with Gasteiger partial charge in [0.15, 0.2) is 0 Å². The van der Waals surface area contributed by atoms with Crippen molar-refractivity contribution < 1.29 is 8.78 Å². The third-order valence-electron chi connectivity index (χ3n) is 2.33. The molecular weight excluding hydrogens is 174 g/mol. The number of benzene rings is 1. The summed E-state index contributed by atoms with van der Waals surface area (Å²) in [5.74, 6) is -1.25. The molecule has 4 heteroatoms. The molecule has 1 unspecified atom stereocenters. The first-order valence-electron chi connectivity index (χ1n) is 4.16. The molecule has 0 amide bonds. The summed E-state index contributed by atoms with van der Waals surface area (Å²) in [6.45, 7) is 0.877. The summed E-state index contributed by atoms with van der Waals surface area (Å²) in [6, 6.07) is 2.11. The molecule has 1 aromatic carbocycles. The Bertz CT molecular complexity index is 335. The summed E-state index contributed by atoms with van der Waals surface area (Å²) in [4.78, 5) is 0. The van der Waals surface area contributed by atoms with E-state index in [-0.39, 0.29) is 11.7 Å². The fourth-order valence-electron chi connectivity index (χ4n) is 1.45. The molecule has 13 heavy (non-hydrogen) atoms. The molecule has 1 aliphatic heterocycles. The predicted octanol–water partition coefficient (Wildman–Crippen LogP) is 1.58. The fourth-order valence-corrected chi connectivity index (χ4v) is 1.45. The zero-order chi connectivity index (χ0) is 9.42. The molecule has 1 aliphatic rings. The van der Waals surface area contributed by atoms with Crippen molar-refractivity contribution in [1.82, 2.24) is 5.32 Å². The van der Waals surface area contributed by atoms with E-state index in [9.17, 15) is 8.78 Å². The Labute approximate surface area is 74.7 Å². The molecule has 1 aromatic rings. The number of hydrogen-bond donors (Lipinski definition) is 2. The second-order valence-electron chi connectivity index (χ2n) is 3.19. The Balaban J connectivity index is 2.42. The highest BCUT2D eigenvalue weighted by Crippen LogP contribution is 2.29. The van der Waals surface area contributed by atoms with Gasteiger partial charge in [-0.1, -0.05) is 0 Å². The average Bonchev–Trinajstić information content (AvgIpc) is 1.95. The highest BCUT2D eigenvalue weighted by Gasteiger charge is 2.22. The molecule has 0 radical (unpaired) electrons. The van der Waals surface area contributed by atoms with E-state index in [2.05, 4.69) is 5.32 Å². The van der Waals surface area contributed by atoms with Crippen LogP contribution in [0.15, 0.2) is 12.1 Å². The maximum absolute atomic E-state index is 13.0. The van der Waals surface area contributed by atoms with E-state index in [0.29, 0.717) is 5.56 Å². The molecule has 0 aromatic heterocycles. The van der Waals surface area contributed by atoms with Crippen LogP contribution in [0.1, 0.15) is 18.0 Å². The second-order valence-corrected chi connectivity index (χ2v) is 3.19. The highest BCUT2D eigenvalue weighted by molar-refractivity contribution is 5.50. The van der Waals surface area contributed by atoms with Crippen LogP contribution in [0, 0.1) is 11.6 Å².